The monoisotopic (exact) mass is 375 g/mol. The summed E-state index contributed by atoms with van der Waals surface area (Å²) in [4.78, 5) is 11.9. The Labute approximate surface area is 141 Å². The van der Waals surface area contributed by atoms with E-state index in [0.717, 1.165) is 0 Å². The zero-order valence-corrected chi connectivity index (χ0v) is 14.7. The van der Waals surface area contributed by atoms with Crippen LogP contribution in [-0.4, -0.2) is 62.0 Å². The minimum atomic E-state index is -3.21. The Morgan fingerprint density at radius 3 is 2.43 bits per heavy atom. The molecule has 10 heteroatoms. The lowest BCUT2D eigenvalue weighted by molar-refractivity contribution is -0.124. The van der Waals surface area contributed by atoms with Gasteiger partial charge in [-0.05, 0) is 19.3 Å². The van der Waals surface area contributed by atoms with Crippen molar-refractivity contribution in [3.8, 4) is 0 Å². The van der Waals surface area contributed by atoms with Crippen molar-refractivity contribution in [3.63, 3.8) is 0 Å². The molecule has 0 spiro atoms. The molecule has 136 valence electrons. The number of rotatable bonds is 5. The zero-order chi connectivity index (χ0) is 16.4. The van der Waals surface area contributed by atoms with Gasteiger partial charge in [-0.25, -0.2) is 21.5 Å². The number of alkyl halides is 2. The van der Waals surface area contributed by atoms with Crippen LogP contribution in [0.15, 0.2) is 0 Å². The third-order valence-electron chi connectivity index (χ3n) is 4.08. The first-order valence-electron chi connectivity index (χ1n) is 7.63. The molecule has 2 aliphatic heterocycles. The number of sulfonamides is 1. The maximum absolute atomic E-state index is 13.1. The van der Waals surface area contributed by atoms with E-state index in [1.54, 1.807) is 0 Å². The summed E-state index contributed by atoms with van der Waals surface area (Å²) < 4.78 is 51.5. The summed E-state index contributed by atoms with van der Waals surface area (Å²) in [6.07, 6.45) is 1.11. The first-order chi connectivity index (χ1) is 10.2. The van der Waals surface area contributed by atoms with E-state index in [9.17, 15) is 22.0 Å². The molecule has 6 nitrogen and oxygen atoms in total. The predicted octanol–water partition coefficient (Wildman–Crippen LogP) is 0.726. The molecule has 1 unspecified atom stereocenters. The van der Waals surface area contributed by atoms with Crippen molar-refractivity contribution >= 4 is 28.3 Å². The van der Waals surface area contributed by atoms with Crippen LogP contribution in [0.1, 0.15) is 32.6 Å². The SMILES string of the molecule is CCCS(=O)(=O)N1CCC(NC(=O)C2CC(F)(F)CN2)CC1.Cl. The minimum Gasteiger partial charge on any atom is -0.352 e. The van der Waals surface area contributed by atoms with Gasteiger partial charge in [0.25, 0.3) is 5.92 Å². The molecule has 1 atom stereocenters. The summed E-state index contributed by atoms with van der Waals surface area (Å²) in [6.45, 7) is 2.07. The van der Waals surface area contributed by atoms with Crippen molar-refractivity contribution in [2.45, 2.75) is 50.6 Å². The number of amides is 1. The van der Waals surface area contributed by atoms with Gasteiger partial charge in [-0.2, -0.15) is 0 Å². The van der Waals surface area contributed by atoms with Crippen LogP contribution in [0.25, 0.3) is 0 Å². The molecule has 0 saturated carbocycles. The Kier molecular flexibility index (Phi) is 7.18. The van der Waals surface area contributed by atoms with E-state index >= 15 is 0 Å². The minimum absolute atomic E-state index is 0. The van der Waals surface area contributed by atoms with Crippen molar-refractivity contribution < 1.29 is 22.0 Å². The van der Waals surface area contributed by atoms with Gasteiger partial charge in [0.1, 0.15) is 0 Å². The molecule has 23 heavy (non-hydrogen) atoms. The van der Waals surface area contributed by atoms with E-state index in [0.29, 0.717) is 32.4 Å². The van der Waals surface area contributed by atoms with E-state index in [1.165, 1.54) is 4.31 Å². The van der Waals surface area contributed by atoms with Crippen molar-refractivity contribution in [2.24, 2.45) is 0 Å². The van der Waals surface area contributed by atoms with Gasteiger partial charge >= 0.3 is 0 Å². The van der Waals surface area contributed by atoms with Gasteiger partial charge in [0, 0.05) is 25.6 Å². The van der Waals surface area contributed by atoms with Crippen LogP contribution in [0, 0.1) is 0 Å². The molecule has 0 aromatic rings. The van der Waals surface area contributed by atoms with Gasteiger partial charge < -0.3 is 5.32 Å². The molecular weight excluding hydrogens is 352 g/mol. The smallest absolute Gasteiger partial charge is 0.262 e. The summed E-state index contributed by atoms with van der Waals surface area (Å²) >= 11 is 0. The van der Waals surface area contributed by atoms with Crippen molar-refractivity contribution in [3.05, 3.63) is 0 Å². The van der Waals surface area contributed by atoms with E-state index in [-0.39, 0.29) is 24.2 Å². The standard InChI is InChI=1S/C13H23F2N3O3S.ClH/c1-2-7-22(20,21)18-5-3-10(4-6-18)17-12(19)11-8-13(14,15)9-16-11;/h10-11,16H,2-9H2,1H3,(H,17,19);1H. The van der Waals surface area contributed by atoms with Crippen LogP contribution in [0.2, 0.25) is 0 Å². The van der Waals surface area contributed by atoms with Crippen molar-refractivity contribution in [1.29, 1.82) is 0 Å². The van der Waals surface area contributed by atoms with Crippen molar-refractivity contribution in [2.75, 3.05) is 25.4 Å². The lowest BCUT2D eigenvalue weighted by Crippen LogP contribution is -2.50. The number of piperidine rings is 1. The number of nitrogens with one attached hydrogen (secondary N) is 2. The highest BCUT2D eigenvalue weighted by atomic mass is 35.5. The Hall–Kier alpha value is -0.510. The fraction of sp³-hybridized carbons (Fsp3) is 0.923. The molecule has 2 heterocycles. The van der Waals surface area contributed by atoms with Crippen LogP contribution in [-0.2, 0) is 14.8 Å². The zero-order valence-electron chi connectivity index (χ0n) is 13.1. The molecule has 1 amide bonds. The predicted molar refractivity (Wildman–Crippen MR) is 85.4 cm³/mol. The quantitative estimate of drug-likeness (QED) is 0.742. The normalized spacial score (nSPS) is 25.8. The first kappa shape index (κ1) is 20.5. The van der Waals surface area contributed by atoms with Crippen LogP contribution < -0.4 is 10.6 Å². The lowest BCUT2D eigenvalue weighted by Gasteiger charge is -2.32. The molecule has 2 fully saturated rings. The maximum Gasteiger partial charge on any atom is 0.262 e. The Morgan fingerprint density at radius 2 is 1.96 bits per heavy atom. The highest BCUT2D eigenvalue weighted by molar-refractivity contribution is 7.89. The van der Waals surface area contributed by atoms with E-state index in [1.807, 2.05) is 6.92 Å². The first-order valence-corrected chi connectivity index (χ1v) is 9.24. The van der Waals surface area contributed by atoms with Crippen LogP contribution in [0.3, 0.4) is 0 Å². The molecule has 0 aromatic carbocycles. The summed E-state index contributed by atoms with van der Waals surface area (Å²) in [5, 5.41) is 5.26. The average Bonchev–Trinajstić information content (AvgIpc) is 2.80. The molecule has 0 bridgehead atoms. The van der Waals surface area contributed by atoms with Gasteiger partial charge in [0.2, 0.25) is 15.9 Å². The molecule has 0 aromatic heterocycles. The molecular formula is C13H24ClF2N3O3S. The number of hydrogen-bond acceptors (Lipinski definition) is 4. The van der Waals surface area contributed by atoms with Gasteiger partial charge in [0.15, 0.2) is 0 Å². The fourth-order valence-electron chi connectivity index (χ4n) is 2.87. The number of hydrogen-bond donors (Lipinski definition) is 2. The number of nitrogens with zero attached hydrogens (tertiary/aromatic N) is 1. The molecule has 2 aliphatic rings. The van der Waals surface area contributed by atoms with Gasteiger partial charge in [-0.15, -0.1) is 12.4 Å². The lowest BCUT2D eigenvalue weighted by atomic mass is 10.1. The van der Waals surface area contributed by atoms with Gasteiger partial charge in [-0.3, -0.25) is 10.1 Å². The van der Waals surface area contributed by atoms with E-state index in [4.69, 9.17) is 0 Å². The molecule has 2 N–H and O–H groups in total. The second-order valence-corrected chi connectivity index (χ2v) is 8.08. The van der Waals surface area contributed by atoms with Gasteiger partial charge in [0.05, 0.1) is 18.3 Å². The molecule has 2 saturated heterocycles. The summed E-state index contributed by atoms with van der Waals surface area (Å²) in [6, 6.07) is -1.02. The highest BCUT2D eigenvalue weighted by Crippen LogP contribution is 2.25. The topological polar surface area (TPSA) is 78.5 Å². The Balaban J connectivity index is 0.00000264. The van der Waals surface area contributed by atoms with Crippen LogP contribution in [0.4, 0.5) is 8.78 Å². The molecule has 0 aliphatic carbocycles. The van der Waals surface area contributed by atoms with Crippen molar-refractivity contribution in [1.82, 2.24) is 14.9 Å². The Bertz CT molecular complexity index is 511. The van der Waals surface area contributed by atoms with Crippen LogP contribution >= 0.6 is 12.4 Å². The highest BCUT2D eigenvalue weighted by Gasteiger charge is 2.42. The third kappa shape index (κ3) is 5.51. The number of halogens is 3. The summed E-state index contributed by atoms with van der Waals surface area (Å²) in [7, 11) is -3.21. The fourth-order valence-corrected chi connectivity index (χ4v) is 4.41. The summed E-state index contributed by atoms with van der Waals surface area (Å²) in [5.74, 6) is -3.13. The largest absolute Gasteiger partial charge is 0.352 e. The van der Waals surface area contributed by atoms with E-state index < -0.39 is 40.9 Å². The van der Waals surface area contributed by atoms with Gasteiger partial charge in [-0.1, -0.05) is 6.92 Å². The number of carbonyl (C=O) groups excluding carboxylic acids is 1. The van der Waals surface area contributed by atoms with Crippen LogP contribution in [0.5, 0.6) is 0 Å². The average molecular weight is 376 g/mol. The third-order valence-corrected chi connectivity index (χ3v) is 6.16. The maximum atomic E-state index is 13.1. The molecule has 2 rings (SSSR count). The van der Waals surface area contributed by atoms with E-state index in [2.05, 4.69) is 10.6 Å². The molecule has 0 radical (unpaired) electrons. The second-order valence-electron chi connectivity index (χ2n) is 5.99. The second kappa shape index (κ2) is 8.04. The summed E-state index contributed by atoms with van der Waals surface area (Å²) in [5.41, 5.74) is 0. The number of carbonyl (C=O) groups is 1. The Morgan fingerprint density at radius 1 is 1.35 bits per heavy atom.